The number of nitrogens with zero attached hydrogens (tertiary/aromatic N) is 1. The highest BCUT2D eigenvalue weighted by Gasteiger charge is 2.25. The first-order chi connectivity index (χ1) is 10.2. The van der Waals surface area contributed by atoms with E-state index in [4.69, 9.17) is 17.3 Å². The lowest BCUT2D eigenvalue weighted by atomic mass is 10.2. The number of hydrogen-bond acceptors (Lipinski definition) is 5. The predicted molar refractivity (Wildman–Crippen MR) is 83.4 cm³/mol. The molecule has 1 rings (SSSR count). The van der Waals surface area contributed by atoms with Gasteiger partial charge in [-0.3, -0.25) is 9.10 Å². The molecule has 0 spiro atoms. The highest BCUT2D eigenvalue weighted by atomic mass is 35.5. The summed E-state index contributed by atoms with van der Waals surface area (Å²) >= 11 is 5.91. The molecule has 0 bridgehead atoms. The van der Waals surface area contributed by atoms with Crippen LogP contribution in [-0.4, -0.2) is 39.7 Å². The molecule has 0 aromatic heterocycles. The number of benzene rings is 1. The third kappa shape index (κ3) is 4.60. The molecule has 1 aromatic carbocycles. The molecule has 0 fully saturated rings. The molecule has 7 nitrogen and oxygen atoms in total. The van der Waals surface area contributed by atoms with Crippen LogP contribution in [0.4, 0.5) is 5.69 Å². The monoisotopic (exact) mass is 348 g/mol. The molecule has 0 atom stereocenters. The lowest BCUT2D eigenvalue weighted by molar-refractivity contribution is -0.116. The van der Waals surface area contributed by atoms with E-state index in [0.29, 0.717) is 6.42 Å². The number of rotatable bonds is 7. The SMILES string of the molecule is CCCS(=O)(=O)N(CC(N)=O)c1cc(Cl)cc(C(=O)OC)c1. The molecular weight excluding hydrogens is 332 g/mol. The highest BCUT2D eigenvalue weighted by Crippen LogP contribution is 2.25. The van der Waals surface area contributed by atoms with Crippen molar-refractivity contribution in [2.75, 3.05) is 23.7 Å². The first-order valence-electron chi connectivity index (χ1n) is 6.39. The zero-order valence-corrected chi connectivity index (χ0v) is 13.8. The van der Waals surface area contributed by atoms with E-state index in [-0.39, 0.29) is 22.0 Å². The van der Waals surface area contributed by atoms with Crippen molar-refractivity contribution in [3.63, 3.8) is 0 Å². The second-order valence-electron chi connectivity index (χ2n) is 4.48. The molecule has 1 aromatic rings. The van der Waals surface area contributed by atoms with Gasteiger partial charge in [-0.2, -0.15) is 0 Å². The van der Waals surface area contributed by atoms with Gasteiger partial charge in [0.05, 0.1) is 24.1 Å². The fraction of sp³-hybridized carbons (Fsp3) is 0.385. The number of halogens is 1. The largest absolute Gasteiger partial charge is 0.465 e. The van der Waals surface area contributed by atoms with Gasteiger partial charge in [0.25, 0.3) is 0 Å². The van der Waals surface area contributed by atoms with Crippen LogP contribution in [0, 0.1) is 0 Å². The van der Waals surface area contributed by atoms with Crippen LogP contribution < -0.4 is 10.0 Å². The van der Waals surface area contributed by atoms with Gasteiger partial charge in [0.1, 0.15) is 6.54 Å². The van der Waals surface area contributed by atoms with E-state index >= 15 is 0 Å². The molecule has 0 unspecified atom stereocenters. The van der Waals surface area contributed by atoms with Crippen molar-refractivity contribution in [2.45, 2.75) is 13.3 Å². The molecule has 0 radical (unpaired) electrons. The number of amides is 1. The Bertz CT molecular complexity index is 675. The number of methoxy groups -OCH3 is 1. The van der Waals surface area contributed by atoms with Crippen molar-refractivity contribution in [1.82, 2.24) is 0 Å². The molecule has 9 heteroatoms. The minimum atomic E-state index is -3.76. The molecule has 0 aliphatic rings. The second kappa shape index (κ2) is 7.46. The summed E-state index contributed by atoms with van der Waals surface area (Å²) in [5.41, 5.74) is 5.27. The van der Waals surface area contributed by atoms with Gasteiger partial charge in [-0.05, 0) is 24.6 Å². The van der Waals surface area contributed by atoms with E-state index in [0.717, 1.165) is 4.31 Å². The number of sulfonamides is 1. The van der Waals surface area contributed by atoms with Crippen molar-refractivity contribution < 1.29 is 22.7 Å². The summed E-state index contributed by atoms with van der Waals surface area (Å²) < 4.78 is 30.0. The van der Waals surface area contributed by atoms with Gasteiger partial charge in [-0.1, -0.05) is 18.5 Å². The van der Waals surface area contributed by atoms with E-state index in [2.05, 4.69) is 4.74 Å². The maximum Gasteiger partial charge on any atom is 0.337 e. The van der Waals surface area contributed by atoms with E-state index in [1.165, 1.54) is 25.3 Å². The Balaban J connectivity index is 3.39. The van der Waals surface area contributed by atoms with Gasteiger partial charge in [-0.25, -0.2) is 13.2 Å². The number of carbonyl (C=O) groups is 2. The Morgan fingerprint density at radius 3 is 2.45 bits per heavy atom. The standard InChI is InChI=1S/C13H17ClN2O5S/c1-3-4-22(19,20)16(8-12(15)17)11-6-9(13(18)21-2)5-10(14)7-11/h5-7H,3-4,8H2,1-2H3,(H2,15,17). The van der Waals surface area contributed by atoms with Crippen LogP contribution in [0.1, 0.15) is 23.7 Å². The summed E-state index contributed by atoms with van der Waals surface area (Å²) in [7, 11) is -2.57. The maximum atomic E-state index is 12.3. The van der Waals surface area contributed by atoms with Crippen LogP contribution in [0.25, 0.3) is 0 Å². The average molecular weight is 349 g/mol. The Hall–Kier alpha value is -1.80. The molecule has 22 heavy (non-hydrogen) atoms. The molecule has 1 amide bonds. The van der Waals surface area contributed by atoms with E-state index in [9.17, 15) is 18.0 Å². The van der Waals surface area contributed by atoms with Crippen LogP contribution in [-0.2, 0) is 19.6 Å². The molecule has 0 aliphatic carbocycles. The van der Waals surface area contributed by atoms with Crippen LogP contribution >= 0.6 is 11.6 Å². The van der Waals surface area contributed by atoms with Crippen LogP contribution in [0.5, 0.6) is 0 Å². The number of carbonyl (C=O) groups excluding carboxylic acids is 2. The number of nitrogens with two attached hydrogens (primary N) is 1. The summed E-state index contributed by atoms with van der Waals surface area (Å²) in [6.07, 6.45) is 0.363. The number of primary amides is 1. The summed E-state index contributed by atoms with van der Waals surface area (Å²) in [4.78, 5) is 22.8. The Kier molecular flexibility index (Phi) is 6.19. The molecule has 2 N–H and O–H groups in total. The lowest BCUT2D eigenvalue weighted by Crippen LogP contribution is -2.39. The quantitative estimate of drug-likeness (QED) is 0.744. The summed E-state index contributed by atoms with van der Waals surface area (Å²) in [6.45, 7) is 1.15. The summed E-state index contributed by atoms with van der Waals surface area (Å²) in [5, 5.41) is 0.138. The van der Waals surface area contributed by atoms with Gasteiger partial charge < -0.3 is 10.5 Å². The van der Waals surface area contributed by atoms with Gasteiger partial charge in [0.15, 0.2) is 0 Å². The summed E-state index contributed by atoms with van der Waals surface area (Å²) in [6, 6.07) is 3.96. The predicted octanol–water partition coefficient (Wildman–Crippen LogP) is 1.16. The Morgan fingerprint density at radius 2 is 1.95 bits per heavy atom. The molecule has 0 saturated heterocycles. The van der Waals surface area contributed by atoms with Crippen molar-refractivity contribution >= 4 is 39.2 Å². The van der Waals surface area contributed by atoms with Crippen molar-refractivity contribution in [1.29, 1.82) is 0 Å². The van der Waals surface area contributed by atoms with Crippen molar-refractivity contribution in [3.8, 4) is 0 Å². The second-order valence-corrected chi connectivity index (χ2v) is 6.93. The van der Waals surface area contributed by atoms with E-state index in [1.54, 1.807) is 6.92 Å². The third-order valence-electron chi connectivity index (χ3n) is 2.69. The normalized spacial score (nSPS) is 11.0. The first-order valence-corrected chi connectivity index (χ1v) is 8.37. The Morgan fingerprint density at radius 1 is 1.32 bits per heavy atom. The highest BCUT2D eigenvalue weighted by molar-refractivity contribution is 7.92. The zero-order chi connectivity index (χ0) is 16.9. The fourth-order valence-corrected chi connectivity index (χ4v) is 3.53. The van der Waals surface area contributed by atoms with Gasteiger partial charge in [0.2, 0.25) is 15.9 Å². The molecule has 122 valence electrons. The minimum Gasteiger partial charge on any atom is -0.465 e. The third-order valence-corrected chi connectivity index (χ3v) is 4.84. The van der Waals surface area contributed by atoms with E-state index in [1.807, 2.05) is 0 Å². The van der Waals surface area contributed by atoms with E-state index < -0.39 is 28.4 Å². The van der Waals surface area contributed by atoms with Gasteiger partial charge in [0, 0.05) is 5.02 Å². The molecule has 0 aliphatic heterocycles. The molecule has 0 heterocycles. The van der Waals surface area contributed by atoms with Crippen LogP contribution in [0.15, 0.2) is 18.2 Å². The number of hydrogen-bond donors (Lipinski definition) is 1. The topological polar surface area (TPSA) is 107 Å². The maximum absolute atomic E-state index is 12.3. The molecular formula is C13H17ClN2O5S. The first kappa shape index (κ1) is 18.2. The molecule has 0 saturated carbocycles. The summed E-state index contributed by atoms with van der Waals surface area (Å²) in [5.74, 6) is -1.66. The number of ether oxygens (including phenoxy) is 1. The fourth-order valence-electron chi connectivity index (χ4n) is 1.81. The van der Waals surface area contributed by atoms with Gasteiger partial charge >= 0.3 is 5.97 Å². The van der Waals surface area contributed by atoms with Gasteiger partial charge in [-0.15, -0.1) is 0 Å². The minimum absolute atomic E-state index is 0.0752. The zero-order valence-electron chi connectivity index (χ0n) is 12.2. The van der Waals surface area contributed by atoms with Crippen LogP contribution in [0.3, 0.4) is 0 Å². The van der Waals surface area contributed by atoms with Crippen molar-refractivity contribution in [3.05, 3.63) is 28.8 Å². The average Bonchev–Trinajstić information content (AvgIpc) is 2.42. The number of anilines is 1. The lowest BCUT2D eigenvalue weighted by Gasteiger charge is -2.23. The smallest absolute Gasteiger partial charge is 0.337 e. The number of esters is 1. The van der Waals surface area contributed by atoms with Crippen molar-refractivity contribution in [2.24, 2.45) is 5.73 Å². The van der Waals surface area contributed by atoms with Crippen LogP contribution in [0.2, 0.25) is 5.02 Å². The Labute approximate surface area is 134 Å².